The molecule has 1 rings (SSSR count). The highest BCUT2D eigenvalue weighted by Gasteiger charge is 2.23. The van der Waals surface area contributed by atoms with E-state index in [2.05, 4.69) is 13.8 Å². The number of ether oxygens (including phenoxy) is 1. The Morgan fingerprint density at radius 1 is 1.12 bits per heavy atom. The minimum atomic E-state index is 0. The zero-order chi connectivity index (χ0) is 11.9. The van der Waals surface area contributed by atoms with Gasteiger partial charge in [-0.25, -0.2) is 0 Å². The van der Waals surface area contributed by atoms with Crippen LogP contribution in [-0.4, -0.2) is 13.2 Å². The van der Waals surface area contributed by atoms with Crippen molar-refractivity contribution in [3.8, 4) is 5.75 Å². The Bertz CT molecular complexity index is 277. The van der Waals surface area contributed by atoms with Crippen LogP contribution in [0.2, 0.25) is 0 Å². The molecule has 2 N–H and O–H groups in total. The third-order valence-corrected chi connectivity index (χ3v) is 3.58. The predicted molar refractivity (Wildman–Crippen MR) is 78.9 cm³/mol. The van der Waals surface area contributed by atoms with Crippen molar-refractivity contribution in [2.24, 2.45) is 11.1 Å². The van der Waals surface area contributed by atoms with Gasteiger partial charge < -0.3 is 10.5 Å². The molecule has 0 spiro atoms. The number of benzene rings is 1. The van der Waals surface area contributed by atoms with Gasteiger partial charge in [-0.15, -0.1) is 17.0 Å². The first kappa shape index (κ1) is 16.5. The van der Waals surface area contributed by atoms with E-state index in [0.717, 1.165) is 38.2 Å². The summed E-state index contributed by atoms with van der Waals surface area (Å²) in [6.07, 6.45) is 3.28. The summed E-state index contributed by atoms with van der Waals surface area (Å²) in [5.41, 5.74) is 6.11. The summed E-state index contributed by atoms with van der Waals surface area (Å²) in [6, 6.07) is 9.95. The molecule has 0 saturated carbocycles. The molecule has 0 aliphatic rings. The molecule has 0 atom stereocenters. The Balaban J connectivity index is 0.00000256. The second-order valence-corrected chi connectivity index (χ2v) is 4.32. The van der Waals surface area contributed by atoms with Crippen LogP contribution in [0.5, 0.6) is 5.75 Å². The first-order valence-corrected chi connectivity index (χ1v) is 6.14. The zero-order valence-electron chi connectivity index (χ0n) is 10.8. The molecule has 0 radical (unpaired) electrons. The molecule has 0 aromatic heterocycles. The third-order valence-electron chi connectivity index (χ3n) is 3.58. The summed E-state index contributed by atoms with van der Waals surface area (Å²) in [5.74, 6) is 0.945. The van der Waals surface area contributed by atoms with E-state index in [4.69, 9.17) is 10.5 Å². The van der Waals surface area contributed by atoms with Crippen molar-refractivity contribution in [1.82, 2.24) is 0 Å². The second-order valence-electron chi connectivity index (χ2n) is 4.32. The molecule has 0 amide bonds. The summed E-state index contributed by atoms with van der Waals surface area (Å²) in [4.78, 5) is 0. The van der Waals surface area contributed by atoms with Gasteiger partial charge in [-0.05, 0) is 43.4 Å². The van der Waals surface area contributed by atoms with Gasteiger partial charge in [-0.2, -0.15) is 0 Å². The van der Waals surface area contributed by atoms with Crippen molar-refractivity contribution in [2.45, 2.75) is 33.1 Å². The largest absolute Gasteiger partial charge is 0.494 e. The monoisotopic (exact) mass is 301 g/mol. The Hall–Kier alpha value is -0.540. The van der Waals surface area contributed by atoms with Gasteiger partial charge in [0.2, 0.25) is 0 Å². The lowest BCUT2D eigenvalue weighted by molar-refractivity contribution is 0.187. The Morgan fingerprint density at radius 2 is 1.71 bits per heavy atom. The molecule has 0 bridgehead atoms. The van der Waals surface area contributed by atoms with Gasteiger partial charge in [0.25, 0.3) is 0 Å². The smallest absolute Gasteiger partial charge is 0.119 e. The Labute approximate surface area is 115 Å². The SMILES string of the molecule is Br.CCC(CC)(CN)CCOc1ccccc1. The maximum atomic E-state index is 5.85. The number of nitrogens with two attached hydrogens (primary N) is 1. The van der Waals surface area contributed by atoms with Gasteiger partial charge in [-0.1, -0.05) is 32.0 Å². The highest BCUT2D eigenvalue weighted by Crippen LogP contribution is 2.29. The van der Waals surface area contributed by atoms with E-state index in [1.165, 1.54) is 0 Å². The summed E-state index contributed by atoms with van der Waals surface area (Å²) in [7, 11) is 0. The fraction of sp³-hybridized carbons (Fsp3) is 0.571. The molecule has 2 nitrogen and oxygen atoms in total. The number of halogens is 1. The molecule has 0 fully saturated rings. The number of hydrogen-bond acceptors (Lipinski definition) is 2. The van der Waals surface area contributed by atoms with E-state index in [0.29, 0.717) is 0 Å². The molecular weight excluding hydrogens is 278 g/mol. The second kappa shape index (κ2) is 8.54. The van der Waals surface area contributed by atoms with Crippen LogP contribution < -0.4 is 10.5 Å². The van der Waals surface area contributed by atoms with Crippen molar-refractivity contribution >= 4 is 17.0 Å². The van der Waals surface area contributed by atoms with Crippen molar-refractivity contribution in [3.05, 3.63) is 30.3 Å². The van der Waals surface area contributed by atoms with E-state index in [-0.39, 0.29) is 22.4 Å². The summed E-state index contributed by atoms with van der Waals surface area (Å²) >= 11 is 0. The van der Waals surface area contributed by atoms with Crippen LogP contribution in [0.3, 0.4) is 0 Å². The quantitative estimate of drug-likeness (QED) is 0.831. The first-order chi connectivity index (χ1) is 7.76. The Morgan fingerprint density at radius 3 is 2.18 bits per heavy atom. The number of hydrogen-bond donors (Lipinski definition) is 1. The van der Waals surface area contributed by atoms with Crippen molar-refractivity contribution < 1.29 is 4.74 Å². The van der Waals surface area contributed by atoms with Crippen LogP contribution >= 0.6 is 17.0 Å². The normalized spacial score (nSPS) is 10.8. The maximum absolute atomic E-state index is 5.85. The summed E-state index contributed by atoms with van der Waals surface area (Å²) in [5, 5.41) is 0. The zero-order valence-corrected chi connectivity index (χ0v) is 12.5. The predicted octanol–water partition coefficient (Wildman–Crippen LogP) is 3.80. The average Bonchev–Trinajstić information content (AvgIpc) is 2.37. The molecule has 0 aliphatic heterocycles. The maximum Gasteiger partial charge on any atom is 0.119 e. The Kier molecular flexibility index (Phi) is 8.26. The van der Waals surface area contributed by atoms with E-state index >= 15 is 0 Å². The number of rotatable bonds is 7. The van der Waals surface area contributed by atoms with Gasteiger partial charge >= 0.3 is 0 Å². The lowest BCUT2D eigenvalue weighted by Gasteiger charge is -2.29. The van der Waals surface area contributed by atoms with Gasteiger partial charge in [0.15, 0.2) is 0 Å². The first-order valence-electron chi connectivity index (χ1n) is 6.14. The summed E-state index contributed by atoms with van der Waals surface area (Å²) < 4.78 is 5.71. The highest BCUT2D eigenvalue weighted by atomic mass is 79.9. The molecule has 0 saturated heterocycles. The highest BCUT2D eigenvalue weighted by molar-refractivity contribution is 8.93. The van der Waals surface area contributed by atoms with Crippen molar-refractivity contribution in [1.29, 1.82) is 0 Å². The average molecular weight is 302 g/mol. The topological polar surface area (TPSA) is 35.2 Å². The van der Waals surface area contributed by atoms with Crippen molar-refractivity contribution in [2.75, 3.05) is 13.2 Å². The van der Waals surface area contributed by atoms with Gasteiger partial charge in [0.05, 0.1) is 6.61 Å². The molecule has 1 aromatic rings. The number of para-hydroxylation sites is 1. The minimum Gasteiger partial charge on any atom is -0.494 e. The summed E-state index contributed by atoms with van der Waals surface area (Å²) in [6.45, 7) is 5.92. The fourth-order valence-electron chi connectivity index (χ4n) is 1.90. The van der Waals surface area contributed by atoms with E-state index in [9.17, 15) is 0 Å². The van der Waals surface area contributed by atoms with Gasteiger partial charge in [0.1, 0.15) is 5.75 Å². The van der Waals surface area contributed by atoms with Crippen LogP contribution in [0, 0.1) is 5.41 Å². The van der Waals surface area contributed by atoms with Crippen LogP contribution in [0.4, 0.5) is 0 Å². The van der Waals surface area contributed by atoms with Crippen molar-refractivity contribution in [3.63, 3.8) is 0 Å². The van der Waals surface area contributed by atoms with Crippen LogP contribution in [0.25, 0.3) is 0 Å². The van der Waals surface area contributed by atoms with Gasteiger partial charge in [-0.3, -0.25) is 0 Å². The van der Waals surface area contributed by atoms with Gasteiger partial charge in [0, 0.05) is 0 Å². The molecule has 98 valence electrons. The van der Waals surface area contributed by atoms with E-state index in [1.807, 2.05) is 30.3 Å². The van der Waals surface area contributed by atoms with Crippen LogP contribution in [0.1, 0.15) is 33.1 Å². The molecule has 0 unspecified atom stereocenters. The van der Waals surface area contributed by atoms with E-state index < -0.39 is 0 Å². The van der Waals surface area contributed by atoms with E-state index in [1.54, 1.807) is 0 Å². The molecule has 3 heteroatoms. The lowest BCUT2D eigenvalue weighted by atomic mass is 9.80. The standard InChI is InChI=1S/C14H23NO.BrH/c1-3-14(4-2,12-15)10-11-16-13-8-6-5-7-9-13;/h5-9H,3-4,10-12,15H2,1-2H3;1H. The van der Waals surface area contributed by atoms with Crippen LogP contribution in [0.15, 0.2) is 30.3 Å². The molecule has 1 aromatic carbocycles. The molecule has 17 heavy (non-hydrogen) atoms. The van der Waals surface area contributed by atoms with Crippen LogP contribution in [-0.2, 0) is 0 Å². The minimum absolute atomic E-state index is 0. The molecule has 0 aliphatic carbocycles. The molecular formula is C14H24BrNO. The molecule has 0 heterocycles. The fourth-order valence-corrected chi connectivity index (χ4v) is 1.90. The third kappa shape index (κ3) is 5.09. The lowest BCUT2D eigenvalue weighted by Crippen LogP contribution is -2.31.